The number of nitrogens with one attached hydrogen (secondary N) is 1. The van der Waals surface area contributed by atoms with E-state index in [1.165, 1.54) is 4.57 Å². The lowest BCUT2D eigenvalue weighted by Crippen LogP contribution is -2.32. The van der Waals surface area contributed by atoms with Gasteiger partial charge in [0.2, 0.25) is 0 Å². The van der Waals surface area contributed by atoms with Gasteiger partial charge < -0.3 is 10.3 Å². The Morgan fingerprint density at radius 2 is 2.05 bits per heavy atom. The van der Waals surface area contributed by atoms with Gasteiger partial charge in [0.1, 0.15) is 5.82 Å². The molecule has 2 rings (SSSR count). The fraction of sp³-hybridized carbons (Fsp3) is 0.615. The van der Waals surface area contributed by atoms with Crippen molar-refractivity contribution in [3.05, 3.63) is 26.7 Å². The van der Waals surface area contributed by atoms with E-state index in [0.717, 1.165) is 12.2 Å². The Kier molecular flexibility index (Phi) is 4.08. The molecule has 0 fully saturated rings. The van der Waals surface area contributed by atoms with Crippen molar-refractivity contribution in [1.82, 2.24) is 19.1 Å². The zero-order valence-corrected chi connectivity index (χ0v) is 12.1. The number of imidazole rings is 1. The first-order chi connectivity index (χ1) is 9.45. The first-order valence-electron chi connectivity index (χ1n) is 6.84. The molecule has 0 aliphatic rings. The number of H-pyrrole nitrogens is 1. The van der Waals surface area contributed by atoms with Crippen LogP contribution in [0.2, 0.25) is 0 Å². The Balaban J connectivity index is 2.68. The molecule has 0 aliphatic heterocycles. The highest BCUT2D eigenvalue weighted by Gasteiger charge is 2.16. The minimum atomic E-state index is -0.403. The summed E-state index contributed by atoms with van der Waals surface area (Å²) in [5.41, 5.74) is 5.62. The molecule has 7 heteroatoms. The van der Waals surface area contributed by atoms with E-state index < -0.39 is 5.69 Å². The Hall–Kier alpha value is -1.89. The SMILES string of the molecule is CC(C)Cn1c(=O)[nH]c(=O)c2c1nc(CCCN)n2C. The van der Waals surface area contributed by atoms with Gasteiger partial charge in [-0.3, -0.25) is 14.3 Å². The summed E-state index contributed by atoms with van der Waals surface area (Å²) in [6.45, 7) is 5.13. The van der Waals surface area contributed by atoms with Crippen LogP contribution in [0.5, 0.6) is 0 Å². The maximum atomic E-state index is 12.0. The normalized spacial score (nSPS) is 11.7. The standard InChI is InChI=1S/C13H21N5O2/c1-8(2)7-18-11-10(12(19)16-13(18)20)17(3)9(15-11)5-4-6-14/h8H,4-7,14H2,1-3H3,(H,16,19,20). The first kappa shape index (κ1) is 14.5. The Labute approximate surface area is 116 Å². The van der Waals surface area contributed by atoms with Crippen LogP contribution in [0, 0.1) is 5.92 Å². The largest absolute Gasteiger partial charge is 0.330 e. The highest BCUT2D eigenvalue weighted by molar-refractivity contribution is 5.70. The maximum Gasteiger partial charge on any atom is 0.330 e. The summed E-state index contributed by atoms with van der Waals surface area (Å²) in [5.74, 6) is 1.07. The summed E-state index contributed by atoms with van der Waals surface area (Å²) in [6, 6.07) is 0. The molecule has 0 saturated carbocycles. The summed E-state index contributed by atoms with van der Waals surface area (Å²) in [4.78, 5) is 30.8. The van der Waals surface area contributed by atoms with Crippen LogP contribution in [0.1, 0.15) is 26.1 Å². The van der Waals surface area contributed by atoms with Crippen molar-refractivity contribution in [2.75, 3.05) is 6.54 Å². The highest BCUT2D eigenvalue weighted by atomic mass is 16.2. The summed E-state index contributed by atoms with van der Waals surface area (Å²) >= 11 is 0. The second-order valence-corrected chi connectivity index (χ2v) is 5.42. The molecule has 0 saturated heterocycles. The molecule has 0 amide bonds. The maximum absolute atomic E-state index is 12.0. The average molecular weight is 279 g/mol. The molecule has 20 heavy (non-hydrogen) atoms. The van der Waals surface area contributed by atoms with E-state index in [4.69, 9.17) is 5.73 Å². The molecular formula is C13H21N5O2. The number of rotatable bonds is 5. The van der Waals surface area contributed by atoms with E-state index in [1.54, 1.807) is 11.6 Å². The van der Waals surface area contributed by atoms with Crippen LogP contribution in [-0.4, -0.2) is 25.6 Å². The lowest BCUT2D eigenvalue weighted by atomic mass is 10.2. The third kappa shape index (κ3) is 2.53. The van der Waals surface area contributed by atoms with Gasteiger partial charge in [-0.05, 0) is 18.9 Å². The van der Waals surface area contributed by atoms with Gasteiger partial charge in [-0.15, -0.1) is 0 Å². The van der Waals surface area contributed by atoms with Crippen LogP contribution in [0.15, 0.2) is 9.59 Å². The van der Waals surface area contributed by atoms with E-state index in [-0.39, 0.29) is 11.5 Å². The van der Waals surface area contributed by atoms with Crippen molar-refractivity contribution in [3.8, 4) is 0 Å². The average Bonchev–Trinajstić information content (AvgIpc) is 2.69. The van der Waals surface area contributed by atoms with Gasteiger partial charge in [0.25, 0.3) is 5.56 Å². The third-order valence-electron chi connectivity index (χ3n) is 3.26. The molecule has 110 valence electrons. The highest BCUT2D eigenvalue weighted by Crippen LogP contribution is 2.12. The van der Waals surface area contributed by atoms with Gasteiger partial charge in [0.05, 0.1) is 0 Å². The van der Waals surface area contributed by atoms with Gasteiger partial charge in [-0.2, -0.15) is 0 Å². The number of aromatic amines is 1. The summed E-state index contributed by atoms with van der Waals surface area (Å²) in [7, 11) is 1.79. The van der Waals surface area contributed by atoms with Crippen molar-refractivity contribution in [2.24, 2.45) is 18.7 Å². The molecule has 0 bridgehead atoms. The molecule has 2 aromatic rings. The van der Waals surface area contributed by atoms with Gasteiger partial charge in [0.15, 0.2) is 11.2 Å². The summed E-state index contributed by atoms with van der Waals surface area (Å²) in [6.07, 6.45) is 1.49. The number of hydrogen-bond acceptors (Lipinski definition) is 4. The first-order valence-corrected chi connectivity index (χ1v) is 6.84. The molecule has 0 aliphatic carbocycles. The summed E-state index contributed by atoms with van der Waals surface area (Å²) in [5, 5.41) is 0. The van der Waals surface area contributed by atoms with Crippen molar-refractivity contribution < 1.29 is 0 Å². The molecule has 0 unspecified atom stereocenters. The van der Waals surface area contributed by atoms with Crippen LogP contribution in [0.25, 0.3) is 11.2 Å². The zero-order chi connectivity index (χ0) is 14.9. The van der Waals surface area contributed by atoms with Crippen molar-refractivity contribution >= 4 is 11.2 Å². The van der Waals surface area contributed by atoms with Crippen LogP contribution in [-0.2, 0) is 20.0 Å². The molecule has 0 atom stereocenters. The number of nitrogens with two attached hydrogens (primary N) is 1. The number of nitrogens with zero attached hydrogens (tertiary/aromatic N) is 3. The van der Waals surface area contributed by atoms with E-state index in [2.05, 4.69) is 9.97 Å². The fourth-order valence-electron chi connectivity index (χ4n) is 2.31. The Morgan fingerprint density at radius 3 is 2.65 bits per heavy atom. The second-order valence-electron chi connectivity index (χ2n) is 5.42. The molecule has 7 nitrogen and oxygen atoms in total. The van der Waals surface area contributed by atoms with Crippen LogP contribution >= 0.6 is 0 Å². The quantitative estimate of drug-likeness (QED) is 0.803. The van der Waals surface area contributed by atoms with E-state index in [1.807, 2.05) is 13.8 Å². The van der Waals surface area contributed by atoms with E-state index in [9.17, 15) is 9.59 Å². The lowest BCUT2D eigenvalue weighted by Gasteiger charge is -2.08. The van der Waals surface area contributed by atoms with Crippen LogP contribution in [0.3, 0.4) is 0 Å². The van der Waals surface area contributed by atoms with E-state index in [0.29, 0.717) is 30.7 Å². The smallest absolute Gasteiger partial charge is 0.330 e. The number of hydrogen-bond donors (Lipinski definition) is 2. The molecule has 2 aromatic heterocycles. The second kappa shape index (κ2) is 5.62. The third-order valence-corrected chi connectivity index (χ3v) is 3.26. The van der Waals surface area contributed by atoms with E-state index >= 15 is 0 Å². The molecule has 3 N–H and O–H groups in total. The topological polar surface area (TPSA) is 98.7 Å². The minimum absolute atomic E-state index is 0.288. The molecule has 0 radical (unpaired) electrons. The minimum Gasteiger partial charge on any atom is -0.330 e. The molecule has 2 heterocycles. The van der Waals surface area contributed by atoms with Crippen LogP contribution < -0.4 is 17.0 Å². The molecule has 0 aromatic carbocycles. The monoisotopic (exact) mass is 279 g/mol. The molecule has 0 spiro atoms. The zero-order valence-electron chi connectivity index (χ0n) is 12.1. The lowest BCUT2D eigenvalue weighted by molar-refractivity contribution is 0.513. The number of aromatic nitrogens is 4. The fourth-order valence-corrected chi connectivity index (χ4v) is 2.31. The predicted octanol–water partition coefficient (Wildman–Crippen LogP) is -0.0294. The van der Waals surface area contributed by atoms with Gasteiger partial charge in [-0.1, -0.05) is 13.8 Å². The van der Waals surface area contributed by atoms with Gasteiger partial charge in [-0.25, -0.2) is 9.78 Å². The Bertz CT molecular complexity index is 723. The van der Waals surface area contributed by atoms with Crippen LogP contribution in [0.4, 0.5) is 0 Å². The van der Waals surface area contributed by atoms with Gasteiger partial charge >= 0.3 is 5.69 Å². The van der Waals surface area contributed by atoms with Crippen molar-refractivity contribution in [1.29, 1.82) is 0 Å². The summed E-state index contributed by atoms with van der Waals surface area (Å²) < 4.78 is 3.29. The Morgan fingerprint density at radius 1 is 1.35 bits per heavy atom. The van der Waals surface area contributed by atoms with Crippen molar-refractivity contribution in [3.63, 3.8) is 0 Å². The number of fused-ring (bicyclic) bond motifs is 1. The van der Waals surface area contributed by atoms with Gasteiger partial charge in [0, 0.05) is 20.0 Å². The predicted molar refractivity (Wildman–Crippen MR) is 77.8 cm³/mol. The number of aryl methyl sites for hydroxylation is 2. The molecular weight excluding hydrogens is 258 g/mol. The van der Waals surface area contributed by atoms with Crippen molar-refractivity contribution in [2.45, 2.75) is 33.2 Å².